The predicted molar refractivity (Wildman–Crippen MR) is 60.0 cm³/mol. The van der Waals surface area contributed by atoms with Crippen molar-refractivity contribution in [2.75, 3.05) is 24.6 Å². The lowest BCUT2D eigenvalue weighted by atomic mass is 10.3. The molecule has 2 heterocycles. The Morgan fingerprint density at radius 2 is 2.13 bits per heavy atom. The summed E-state index contributed by atoms with van der Waals surface area (Å²) >= 11 is 1.88. The summed E-state index contributed by atoms with van der Waals surface area (Å²) in [5, 5.41) is 0. The van der Waals surface area contributed by atoms with Crippen LogP contribution in [0.5, 0.6) is 0 Å². The second-order valence-electron chi connectivity index (χ2n) is 3.45. The molecule has 1 aromatic rings. The summed E-state index contributed by atoms with van der Waals surface area (Å²) in [4.78, 5) is 22.0. The van der Waals surface area contributed by atoms with E-state index in [-0.39, 0.29) is 5.91 Å². The van der Waals surface area contributed by atoms with Gasteiger partial charge in [0.2, 0.25) is 0 Å². The standard InChI is InChI=1S/C10H13N3OS/c1-8-6-11-7-9(12-8)10(14)13-2-4-15-5-3-13/h6-7H,2-5H2,1H3. The summed E-state index contributed by atoms with van der Waals surface area (Å²) in [6, 6.07) is 0. The average Bonchev–Trinajstić information content (AvgIpc) is 2.29. The van der Waals surface area contributed by atoms with Crippen LogP contribution in [0.25, 0.3) is 0 Å². The van der Waals surface area contributed by atoms with Crippen LogP contribution in [0.3, 0.4) is 0 Å². The summed E-state index contributed by atoms with van der Waals surface area (Å²) in [7, 11) is 0. The second-order valence-corrected chi connectivity index (χ2v) is 4.68. The summed E-state index contributed by atoms with van der Waals surface area (Å²) < 4.78 is 0. The maximum absolute atomic E-state index is 12.0. The Kier molecular flexibility index (Phi) is 3.20. The van der Waals surface area contributed by atoms with Crippen molar-refractivity contribution in [1.82, 2.24) is 14.9 Å². The number of aryl methyl sites for hydroxylation is 1. The van der Waals surface area contributed by atoms with Crippen molar-refractivity contribution in [2.24, 2.45) is 0 Å². The number of hydrogen-bond donors (Lipinski definition) is 0. The van der Waals surface area contributed by atoms with Gasteiger partial charge in [0.05, 0.1) is 11.9 Å². The highest BCUT2D eigenvalue weighted by molar-refractivity contribution is 7.99. The molecular weight excluding hydrogens is 210 g/mol. The normalized spacial score (nSPS) is 16.5. The molecule has 1 aliphatic heterocycles. The van der Waals surface area contributed by atoms with E-state index in [0.717, 1.165) is 30.3 Å². The van der Waals surface area contributed by atoms with E-state index in [1.54, 1.807) is 6.20 Å². The van der Waals surface area contributed by atoms with Crippen molar-refractivity contribution in [2.45, 2.75) is 6.92 Å². The van der Waals surface area contributed by atoms with E-state index in [4.69, 9.17) is 0 Å². The van der Waals surface area contributed by atoms with E-state index >= 15 is 0 Å². The number of carbonyl (C=O) groups is 1. The number of amides is 1. The molecule has 0 spiro atoms. The minimum atomic E-state index is 0.00602. The van der Waals surface area contributed by atoms with Gasteiger partial charge in [-0.25, -0.2) is 4.98 Å². The van der Waals surface area contributed by atoms with Gasteiger partial charge in [-0.2, -0.15) is 11.8 Å². The summed E-state index contributed by atoms with van der Waals surface area (Å²) in [5.74, 6) is 2.04. The van der Waals surface area contributed by atoms with E-state index in [0.29, 0.717) is 5.69 Å². The number of carbonyl (C=O) groups excluding carboxylic acids is 1. The fraction of sp³-hybridized carbons (Fsp3) is 0.500. The largest absolute Gasteiger partial charge is 0.336 e. The highest BCUT2D eigenvalue weighted by Crippen LogP contribution is 2.11. The van der Waals surface area contributed by atoms with Crippen LogP contribution < -0.4 is 0 Å². The predicted octanol–water partition coefficient (Wildman–Crippen LogP) is 0.974. The average molecular weight is 223 g/mol. The number of aromatic nitrogens is 2. The molecular formula is C10H13N3OS. The van der Waals surface area contributed by atoms with Gasteiger partial charge in [-0.3, -0.25) is 9.78 Å². The molecule has 1 amide bonds. The molecule has 0 bridgehead atoms. The summed E-state index contributed by atoms with van der Waals surface area (Å²) in [5.41, 5.74) is 1.24. The van der Waals surface area contributed by atoms with Crippen LogP contribution in [0.2, 0.25) is 0 Å². The number of nitrogens with zero attached hydrogens (tertiary/aromatic N) is 3. The molecule has 4 nitrogen and oxygen atoms in total. The molecule has 15 heavy (non-hydrogen) atoms. The van der Waals surface area contributed by atoms with E-state index in [1.165, 1.54) is 6.20 Å². The highest BCUT2D eigenvalue weighted by atomic mass is 32.2. The van der Waals surface area contributed by atoms with E-state index < -0.39 is 0 Å². The zero-order chi connectivity index (χ0) is 10.7. The molecule has 0 atom stereocenters. The molecule has 0 aromatic carbocycles. The van der Waals surface area contributed by atoms with Gasteiger partial charge in [-0.1, -0.05) is 0 Å². The molecule has 2 rings (SSSR count). The first-order chi connectivity index (χ1) is 7.27. The molecule has 1 aromatic heterocycles. The molecule has 0 radical (unpaired) electrons. The Morgan fingerprint density at radius 1 is 1.40 bits per heavy atom. The lowest BCUT2D eigenvalue weighted by Gasteiger charge is -2.25. The van der Waals surface area contributed by atoms with Gasteiger partial charge in [0.25, 0.3) is 5.91 Å². The molecule has 80 valence electrons. The maximum Gasteiger partial charge on any atom is 0.274 e. The number of rotatable bonds is 1. The van der Waals surface area contributed by atoms with Gasteiger partial charge < -0.3 is 4.90 Å². The molecule has 0 unspecified atom stereocenters. The maximum atomic E-state index is 12.0. The SMILES string of the molecule is Cc1cncc(C(=O)N2CCSCC2)n1. The van der Waals surface area contributed by atoms with E-state index in [1.807, 2.05) is 23.6 Å². The molecule has 5 heteroatoms. The minimum Gasteiger partial charge on any atom is -0.336 e. The molecule has 0 N–H and O–H groups in total. The van der Waals surface area contributed by atoms with Gasteiger partial charge in [0, 0.05) is 30.8 Å². The lowest BCUT2D eigenvalue weighted by Crippen LogP contribution is -2.38. The van der Waals surface area contributed by atoms with Crippen molar-refractivity contribution in [3.8, 4) is 0 Å². The smallest absolute Gasteiger partial charge is 0.274 e. The monoisotopic (exact) mass is 223 g/mol. The van der Waals surface area contributed by atoms with Gasteiger partial charge in [0.15, 0.2) is 0 Å². The fourth-order valence-corrected chi connectivity index (χ4v) is 2.40. The van der Waals surface area contributed by atoms with Gasteiger partial charge in [-0.05, 0) is 6.92 Å². The summed E-state index contributed by atoms with van der Waals surface area (Å²) in [6.07, 6.45) is 3.19. The van der Waals surface area contributed by atoms with Crippen LogP contribution in [0.15, 0.2) is 12.4 Å². The third-order valence-corrected chi connectivity index (χ3v) is 3.21. The molecule has 1 fully saturated rings. The Balaban J connectivity index is 2.12. The Bertz CT molecular complexity index is 363. The van der Waals surface area contributed by atoms with Crippen molar-refractivity contribution in [1.29, 1.82) is 0 Å². The van der Waals surface area contributed by atoms with Crippen molar-refractivity contribution in [3.63, 3.8) is 0 Å². The summed E-state index contributed by atoms with van der Waals surface area (Å²) in [6.45, 7) is 3.48. The molecule has 0 aliphatic carbocycles. The highest BCUT2D eigenvalue weighted by Gasteiger charge is 2.19. The fourth-order valence-electron chi connectivity index (χ4n) is 1.49. The third-order valence-electron chi connectivity index (χ3n) is 2.27. The second kappa shape index (κ2) is 4.61. The van der Waals surface area contributed by atoms with Crippen LogP contribution in [0.1, 0.15) is 16.2 Å². The van der Waals surface area contributed by atoms with E-state index in [9.17, 15) is 4.79 Å². The molecule has 1 aliphatic rings. The van der Waals surface area contributed by atoms with Crippen LogP contribution in [-0.2, 0) is 0 Å². The first kappa shape index (κ1) is 10.4. The van der Waals surface area contributed by atoms with Crippen molar-refractivity contribution in [3.05, 3.63) is 23.8 Å². The Labute approximate surface area is 93.1 Å². The first-order valence-corrected chi connectivity index (χ1v) is 6.08. The molecule has 0 saturated carbocycles. The third kappa shape index (κ3) is 2.47. The first-order valence-electron chi connectivity index (χ1n) is 4.93. The molecule has 1 saturated heterocycles. The lowest BCUT2D eigenvalue weighted by molar-refractivity contribution is 0.0765. The quantitative estimate of drug-likeness (QED) is 0.712. The zero-order valence-electron chi connectivity index (χ0n) is 8.64. The zero-order valence-corrected chi connectivity index (χ0v) is 9.46. The van der Waals surface area contributed by atoms with Crippen molar-refractivity contribution < 1.29 is 4.79 Å². The van der Waals surface area contributed by atoms with Gasteiger partial charge in [-0.15, -0.1) is 0 Å². The van der Waals surface area contributed by atoms with Crippen LogP contribution in [0, 0.1) is 6.92 Å². The number of hydrogen-bond acceptors (Lipinski definition) is 4. The van der Waals surface area contributed by atoms with Gasteiger partial charge in [0.1, 0.15) is 5.69 Å². The minimum absolute atomic E-state index is 0.00602. The van der Waals surface area contributed by atoms with Crippen LogP contribution in [-0.4, -0.2) is 45.4 Å². The Hall–Kier alpha value is -1.10. The van der Waals surface area contributed by atoms with Crippen LogP contribution in [0.4, 0.5) is 0 Å². The number of thioether (sulfide) groups is 1. The van der Waals surface area contributed by atoms with Gasteiger partial charge >= 0.3 is 0 Å². The van der Waals surface area contributed by atoms with E-state index in [2.05, 4.69) is 9.97 Å². The van der Waals surface area contributed by atoms with Crippen LogP contribution >= 0.6 is 11.8 Å². The van der Waals surface area contributed by atoms with Crippen molar-refractivity contribution >= 4 is 17.7 Å². The Morgan fingerprint density at radius 3 is 2.80 bits per heavy atom. The topological polar surface area (TPSA) is 46.1 Å².